The SMILES string of the molecule is CCC1=C(N)C=CC(N)(CC)C1. The molecule has 0 amide bonds. The van der Waals surface area contributed by atoms with Crippen LogP contribution >= 0.6 is 0 Å². The van der Waals surface area contributed by atoms with Crippen molar-refractivity contribution in [2.75, 3.05) is 0 Å². The van der Waals surface area contributed by atoms with Crippen LogP contribution in [0.5, 0.6) is 0 Å². The summed E-state index contributed by atoms with van der Waals surface area (Å²) in [5.41, 5.74) is 14.0. The van der Waals surface area contributed by atoms with Crippen molar-refractivity contribution in [1.82, 2.24) is 0 Å². The van der Waals surface area contributed by atoms with Crippen LogP contribution in [-0.4, -0.2) is 5.54 Å². The molecule has 0 saturated carbocycles. The molecule has 0 spiro atoms. The highest BCUT2D eigenvalue weighted by atomic mass is 14.7. The fraction of sp³-hybridized carbons (Fsp3) is 0.600. The lowest BCUT2D eigenvalue weighted by molar-refractivity contribution is 0.491. The van der Waals surface area contributed by atoms with Crippen LogP contribution in [0.2, 0.25) is 0 Å². The van der Waals surface area contributed by atoms with Gasteiger partial charge >= 0.3 is 0 Å². The third-order valence-corrected chi connectivity index (χ3v) is 2.63. The standard InChI is InChI=1S/C10H18N2/c1-3-8-7-10(12,4-2)6-5-9(8)11/h5-6H,3-4,7,11-12H2,1-2H3. The maximum absolute atomic E-state index is 6.11. The van der Waals surface area contributed by atoms with Crippen molar-refractivity contribution in [3.8, 4) is 0 Å². The van der Waals surface area contributed by atoms with Crippen LogP contribution in [0.25, 0.3) is 0 Å². The number of allylic oxidation sites excluding steroid dienone is 1. The summed E-state index contributed by atoms with van der Waals surface area (Å²) in [5, 5.41) is 0. The Morgan fingerprint density at radius 3 is 2.67 bits per heavy atom. The van der Waals surface area contributed by atoms with Gasteiger partial charge < -0.3 is 11.5 Å². The molecule has 0 aromatic rings. The van der Waals surface area contributed by atoms with Gasteiger partial charge in [-0.2, -0.15) is 0 Å². The largest absolute Gasteiger partial charge is 0.399 e. The van der Waals surface area contributed by atoms with Gasteiger partial charge in [0.05, 0.1) is 0 Å². The van der Waals surface area contributed by atoms with Gasteiger partial charge in [0.1, 0.15) is 0 Å². The van der Waals surface area contributed by atoms with E-state index in [1.54, 1.807) is 0 Å². The van der Waals surface area contributed by atoms with Crippen molar-refractivity contribution in [3.63, 3.8) is 0 Å². The Labute approximate surface area is 74.3 Å². The monoisotopic (exact) mass is 166 g/mol. The van der Waals surface area contributed by atoms with Gasteiger partial charge in [0.2, 0.25) is 0 Å². The molecule has 2 nitrogen and oxygen atoms in total. The van der Waals surface area contributed by atoms with Gasteiger partial charge in [0, 0.05) is 11.2 Å². The summed E-state index contributed by atoms with van der Waals surface area (Å²) in [4.78, 5) is 0. The summed E-state index contributed by atoms with van der Waals surface area (Å²) in [7, 11) is 0. The summed E-state index contributed by atoms with van der Waals surface area (Å²) in [6, 6.07) is 0. The summed E-state index contributed by atoms with van der Waals surface area (Å²) in [6.45, 7) is 4.23. The average Bonchev–Trinajstić information content (AvgIpc) is 2.10. The van der Waals surface area contributed by atoms with E-state index >= 15 is 0 Å². The predicted octanol–water partition coefficient (Wildman–Crippen LogP) is 1.68. The second kappa shape index (κ2) is 3.31. The number of hydrogen-bond donors (Lipinski definition) is 2. The zero-order valence-electron chi connectivity index (χ0n) is 7.93. The molecule has 0 aromatic carbocycles. The molecule has 1 aliphatic rings. The molecule has 0 aromatic heterocycles. The molecule has 12 heavy (non-hydrogen) atoms. The highest BCUT2D eigenvalue weighted by Crippen LogP contribution is 2.27. The maximum Gasteiger partial charge on any atom is 0.0378 e. The van der Waals surface area contributed by atoms with E-state index in [-0.39, 0.29) is 5.54 Å². The van der Waals surface area contributed by atoms with E-state index in [4.69, 9.17) is 11.5 Å². The minimum absolute atomic E-state index is 0.145. The molecule has 2 heteroatoms. The van der Waals surface area contributed by atoms with Crippen molar-refractivity contribution >= 4 is 0 Å². The highest BCUT2D eigenvalue weighted by Gasteiger charge is 2.24. The molecule has 0 aliphatic heterocycles. The smallest absolute Gasteiger partial charge is 0.0378 e. The van der Waals surface area contributed by atoms with Crippen molar-refractivity contribution in [2.45, 2.75) is 38.6 Å². The van der Waals surface area contributed by atoms with Crippen molar-refractivity contribution < 1.29 is 0 Å². The Morgan fingerprint density at radius 2 is 2.17 bits per heavy atom. The van der Waals surface area contributed by atoms with Gasteiger partial charge in [-0.25, -0.2) is 0 Å². The van der Waals surface area contributed by atoms with Gasteiger partial charge in [-0.15, -0.1) is 0 Å². The average molecular weight is 166 g/mol. The molecule has 1 unspecified atom stereocenters. The van der Waals surface area contributed by atoms with Crippen LogP contribution < -0.4 is 11.5 Å². The molecular weight excluding hydrogens is 148 g/mol. The minimum Gasteiger partial charge on any atom is -0.399 e. The first kappa shape index (κ1) is 9.33. The van der Waals surface area contributed by atoms with E-state index in [0.29, 0.717) is 0 Å². The predicted molar refractivity (Wildman–Crippen MR) is 52.5 cm³/mol. The van der Waals surface area contributed by atoms with Crippen LogP contribution in [-0.2, 0) is 0 Å². The van der Waals surface area contributed by atoms with E-state index in [1.807, 2.05) is 12.2 Å². The first-order valence-electron chi connectivity index (χ1n) is 4.57. The van der Waals surface area contributed by atoms with Crippen molar-refractivity contribution in [3.05, 3.63) is 23.4 Å². The zero-order chi connectivity index (χ0) is 9.19. The van der Waals surface area contributed by atoms with Crippen molar-refractivity contribution in [2.24, 2.45) is 11.5 Å². The quantitative estimate of drug-likeness (QED) is 0.655. The van der Waals surface area contributed by atoms with E-state index in [2.05, 4.69) is 13.8 Å². The second-order valence-corrected chi connectivity index (χ2v) is 3.51. The van der Waals surface area contributed by atoms with E-state index in [0.717, 1.165) is 25.0 Å². The van der Waals surface area contributed by atoms with Crippen LogP contribution in [0, 0.1) is 0 Å². The summed E-state index contributed by atoms with van der Waals surface area (Å²) in [6.07, 6.45) is 6.88. The first-order chi connectivity index (χ1) is 5.61. The third-order valence-electron chi connectivity index (χ3n) is 2.63. The lowest BCUT2D eigenvalue weighted by atomic mass is 9.83. The number of nitrogens with two attached hydrogens (primary N) is 2. The normalized spacial score (nSPS) is 29.6. The zero-order valence-corrected chi connectivity index (χ0v) is 7.93. The molecule has 0 saturated heterocycles. The van der Waals surface area contributed by atoms with E-state index < -0.39 is 0 Å². The molecule has 1 rings (SSSR count). The Bertz CT molecular complexity index is 228. The fourth-order valence-electron chi connectivity index (χ4n) is 1.50. The third kappa shape index (κ3) is 1.69. The summed E-state index contributed by atoms with van der Waals surface area (Å²) < 4.78 is 0. The fourth-order valence-corrected chi connectivity index (χ4v) is 1.50. The topological polar surface area (TPSA) is 52.0 Å². The minimum atomic E-state index is -0.145. The summed E-state index contributed by atoms with van der Waals surface area (Å²) in [5.74, 6) is 0. The van der Waals surface area contributed by atoms with E-state index in [9.17, 15) is 0 Å². The van der Waals surface area contributed by atoms with Gasteiger partial charge in [0.15, 0.2) is 0 Å². The van der Waals surface area contributed by atoms with Gasteiger partial charge in [-0.05, 0) is 30.9 Å². The molecular formula is C10H18N2. The molecule has 68 valence electrons. The lowest BCUT2D eigenvalue weighted by Crippen LogP contribution is -2.39. The molecule has 1 aliphatic carbocycles. The van der Waals surface area contributed by atoms with E-state index in [1.165, 1.54) is 5.57 Å². The molecule has 0 fully saturated rings. The van der Waals surface area contributed by atoms with Crippen LogP contribution in [0.1, 0.15) is 33.1 Å². The number of rotatable bonds is 2. The highest BCUT2D eigenvalue weighted by molar-refractivity contribution is 5.32. The first-order valence-corrected chi connectivity index (χ1v) is 4.57. The second-order valence-electron chi connectivity index (χ2n) is 3.51. The van der Waals surface area contributed by atoms with Crippen LogP contribution in [0.3, 0.4) is 0 Å². The van der Waals surface area contributed by atoms with Gasteiger partial charge in [-0.1, -0.05) is 19.9 Å². The molecule has 0 heterocycles. The summed E-state index contributed by atoms with van der Waals surface area (Å²) >= 11 is 0. The molecule has 0 bridgehead atoms. The Kier molecular flexibility index (Phi) is 2.58. The lowest BCUT2D eigenvalue weighted by Gasteiger charge is -2.29. The number of hydrogen-bond acceptors (Lipinski definition) is 2. The Hall–Kier alpha value is -0.760. The Morgan fingerprint density at radius 1 is 1.50 bits per heavy atom. The molecule has 0 radical (unpaired) electrons. The molecule has 1 atom stereocenters. The van der Waals surface area contributed by atoms with Gasteiger partial charge in [0.25, 0.3) is 0 Å². The van der Waals surface area contributed by atoms with Crippen molar-refractivity contribution in [1.29, 1.82) is 0 Å². The van der Waals surface area contributed by atoms with Crippen LogP contribution in [0.15, 0.2) is 23.4 Å². The van der Waals surface area contributed by atoms with Gasteiger partial charge in [-0.3, -0.25) is 0 Å². The molecule has 4 N–H and O–H groups in total. The van der Waals surface area contributed by atoms with Crippen LogP contribution in [0.4, 0.5) is 0 Å². The Balaban J connectivity index is 2.83. The maximum atomic E-state index is 6.11.